The van der Waals surface area contributed by atoms with E-state index in [9.17, 15) is 0 Å². The molecule has 0 N–H and O–H groups in total. The van der Waals surface area contributed by atoms with E-state index in [0.29, 0.717) is 0 Å². The third-order valence-electron chi connectivity index (χ3n) is 11.6. The zero-order chi connectivity index (χ0) is 38.4. The fourth-order valence-electron chi connectivity index (χ4n) is 8.83. The molecule has 0 aliphatic carbocycles. The Kier molecular flexibility index (Phi) is 8.19. The molecule has 0 spiro atoms. The van der Waals surface area contributed by atoms with Gasteiger partial charge in [0.25, 0.3) is 0 Å². The van der Waals surface area contributed by atoms with Crippen molar-refractivity contribution in [2.75, 3.05) is 4.90 Å². The molecule has 0 radical (unpaired) electrons. The first-order chi connectivity index (χ1) is 28.8. The number of para-hydroxylation sites is 2. The first kappa shape index (κ1) is 33.6. The summed E-state index contributed by atoms with van der Waals surface area (Å²) in [7, 11) is 0. The first-order valence-electron chi connectivity index (χ1n) is 19.9. The standard InChI is InChI=1S/C56H38N2/c1-3-21-49-40(13-1)15-11-25-51(49)42-31-35-46(36-32-42)57(47-19-10-18-44(38-47)52-26-12-16-41-14-2-4-22-50(41)52)45-33-29-39(30-34-45)43-17-9-20-48(37-43)58-55-27-7-5-23-53(55)54-24-6-8-28-56(54)58/h1-38H. The molecule has 0 fully saturated rings. The van der Waals surface area contributed by atoms with Crippen LogP contribution >= 0.6 is 0 Å². The Balaban J connectivity index is 1.01. The van der Waals surface area contributed by atoms with Gasteiger partial charge in [0.1, 0.15) is 0 Å². The van der Waals surface area contributed by atoms with E-state index in [1.165, 1.54) is 76.7 Å². The van der Waals surface area contributed by atoms with Gasteiger partial charge in [-0.2, -0.15) is 0 Å². The molecule has 10 aromatic carbocycles. The maximum Gasteiger partial charge on any atom is 0.0541 e. The van der Waals surface area contributed by atoms with Crippen molar-refractivity contribution in [3.05, 3.63) is 231 Å². The van der Waals surface area contributed by atoms with E-state index in [-0.39, 0.29) is 0 Å². The minimum Gasteiger partial charge on any atom is -0.310 e. The molecule has 58 heavy (non-hydrogen) atoms. The summed E-state index contributed by atoms with van der Waals surface area (Å²) in [6, 6.07) is 83.7. The Morgan fingerprint density at radius 2 is 0.741 bits per heavy atom. The highest BCUT2D eigenvalue weighted by molar-refractivity contribution is 6.09. The molecule has 0 atom stereocenters. The van der Waals surface area contributed by atoms with Crippen molar-refractivity contribution in [2.45, 2.75) is 0 Å². The van der Waals surface area contributed by atoms with Gasteiger partial charge in [-0.1, -0.05) is 170 Å². The van der Waals surface area contributed by atoms with Gasteiger partial charge >= 0.3 is 0 Å². The lowest BCUT2D eigenvalue weighted by molar-refractivity contribution is 1.18. The molecule has 0 saturated carbocycles. The Morgan fingerprint density at radius 1 is 0.276 bits per heavy atom. The average molecular weight is 739 g/mol. The first-order valence-corrected chi connectivity index (χ1v) is 19.9. The van der Waals surface area contributed by atoms with Crippen LogP contribution in [0.5, 0.6) is 0 Å². The zero-order valence-corrected chi connectivity index (χ0v) is 31.8. The molecular formula is C56H38N2. The van der Waals surface area contributed by atoms with E-state index < -0.39 is 0 Å². The molecule has 0 bridgehead atoms. The molecule has 272 valence electrons. The Labute approximate surface area is 338 Å². The van der Waals surface area contributed by atoms with Gasteiger partial charge in [0.2, 0.25) is 0 Å². The number of aromatic nitrogens is 1. The summed E-state index contributed by atoms with van der Waals surface area (Å²) in [5.41, 5.74) is 14.1. The smallest absolute Gasteiger partial charge is 0.0541 e. The summed E-state index contributed by atoms with van der Waals surface area (Å²) in [5, 5.41) is 7.53. The van der Waals surface area contributed by atoms with E-state index in [1.54, 1.807) is 0 Å². The van der Waals surface area contributed by atoms with Gasteiger partial charge in [-0.3, -0.25) is 0 Å². The van der Waals surface area contributed by atoms with E-state index >= 15 is 0 Å². The van der Waals surface area contributed by atoms with Crippen molar-refractivity contribution < 1.29 is 0 Å². The summed E-state index contributed by atoms with van der Waals surface area (Å²) >= 11 is 0. The summed E-state index contributed by atoms with van der Waals surface area (Å²) in [6.07, 6.45) is 0. The van der Waals surface area contributed by atoms with E-state index in [1.807, 2.05) is 0 Å². The van der Waals surface area contributed by atoms with Gasteiger partial charge in [0.05, 0.1) is 11.0 Å². The quantitative estimate of drug-likeness (QED) is 0.158. The topological polar surface area (TPSA) is 8.17 Å². The molecule has 0 aliphatic rings. The molecule has 2 heteroatoms. The second kappa shape index (κ2) is 14.1. The van der Waals surface area contributed by atoms with Crippen LogP contribution in [0, 0.1) is 0 Å². The molecule has 1 aromatic heterocycles. The van der Waals surface area contributed by atoms with Crippen LogP contribution in [0.15, 0.2) is 231 Å². The number of nitrogens with zero attached hydrogens (tertiary/aromatic N) is 2. The summed E-state index contributed by atoms with van der Waals surface area (Å²) < 4.78 is 2.38. The van der Waals surface area contributed by atoms with Gasteiger partial charge in [0, 0.05) is 33.5 Å². The molecule has 0 unspecified atom stereocenters. The molecule has 0 saturated heterocycles. The number of anilines is 3. The van der Waals surface area contributed by atoms with Gasteiger partial charge in [-0.25, -0.2) is 0 Å². The number of fused-ring (bicyclic) bond motifs is 5. The SMILES string of the molecule is c1cc(-c2cccc3ccccc23)cc(N(c2ccc(-c3cccc(-n4c5ccccc5c5ccccc54)c3)cc2)c2ccc(-c3cccc4ccccc34)cc2)c1. The Bertz CT molecular complexity index is 3220. The van der Waals surface area contributed by atoms with E-state index in [0.717, 1.165) is 22.7 Å². The van der Waals surface area contributed by atoms with E-state index in [2.05, 4.69) is 240 Å². The number of benzene rings is 10. The molecule has 0 aliphatic heterocycles. The van der Waals surface area contributed by atoms with Crippen molar-refractivity contribution in [3.63, 3.8) is 0 Å². The van der Waals surface area contributed by atoms with Gasteiger partial charge in [-0.05, 0) is 116 Å². The minimum absolute atomic E-state index is 1.09. The predicted molar refractivity (Wildman–Crippen MR) is 247 cm³/mol. The zero-order valence-electron chi connectivity index (χ0n) is 31.8. The highest BCUT2D eigenvalue weighted by atomic mass is 15.1. The molecule has 0 amide bonds. The Morgan fingerprint density at radius 3 is 1.36 bits per heavy atom. The van der Waals surface area contributed by atoms with Gasteiger partial charge in [-0.15, -0.1) is 0 Å². The summed E-state index contributed by atoms with van der Waals surface area (Å²) in [5.74, 6) is 0. The fraction of sp³-hybridized carbons (Fsp3) is 0. The third kappa shape index (κ3) is 5.82. The van der Waals surface area contributed by atoms with Crippen molar-refractivity contribution in [1.29, 1.82) is 0 Å². The summed E-state index contributed by atoms with van der Waals surface area (Å²) in [4.78, 5) is 2.37. The lowest BCUT2D eigenvalue weighted by Crippen LogP contribution is -2.10. The maximum atomic E-state index is 2.38. The average Bonchev–Trinajstić information content (AvgIpc) is 3.64. The van der Waals surface area contributed by atoms with Crippen LogP contribution in [-0.2, 0) is 0 Å². The third-order valence-corrected chi connectivity index (χ3v) is 11.6. The molecular weight excluding hydrogens is 701 g/mol. The van der Waals surface area contributed by atoms with Crippen molar-refractivity contribution in [1.82, 2.24) is 4.57 Å². The van der Waals surface area contributed by atoms with Gasteiger partial charge in [0.15, 0.2) is 0 Å². The maximum absolute atomic E-state index is 2.38. The van der Waals surface area contributed by atoms with Crippen molar-refractivity contribution in [3.8, 4) is 39.1 Å². The normalized spacial score (nSPS) is 11.4. The second-order valence-electron chi connectivity index (χ2n) is 15.0. The van der Waals surface area contributed by atoms with Gasteiger partial charge < -0.3 is 9.47 Å². The molecule has 1 heterocycles. The van der Waals surface area contributed by atoms with Crippen LogP contribution in [-0.4, -0.2) is 4.57 Å². The lowest BCUT2D eigenvalue weighted by atomic mass is 9.97. The molecule has 2 nitrogen and oxygen atoms in total. The monoisotopic (exact) mass is 738 g/mol. The van der Waals surface area contributed by atoms with Crippen LogP contribution < -0.4 is 4.90 Å². The molecule has 11 aromatic rings. The van der Waals surface area contributed by atoms with Crippen LogP contribution in [0.4, 0.5) is 17.1 Å². The summed E-state index contributed by atoms with van der Waals surface area (Å²) in [6.45, 7) is 0. The largest absolute Gasteiger partial charge is 0.310 e. The highest BCUT2D eigenvalue weighted by Crippen LogP contribution is 2.40. The predicted octanol–water partition coefficient (Wildman–Crippen LogP) is 15.6. The Hall–Kier alpha value is -7.68. The number of hydrogen-bond donors (Lipinski definition) is 0. The van der Waals surface area contributed by atoms with Crippen LogP contribution in [0.3, 0.4) is 0 Å². The van der Waals surface area contributed by atoms with Crippen LogP contribution in [0.1, 0.15) is 0 Å². The lowest BCUT2D eigenvalue weighted by Gasteiger charge is -2.26. The number of hydrogen-bond acceptors (Lipinski definition) is 1. The fourth-order valence-corrected chi connectivity index (χ4v) is 8.83. The second-order valence-corrected chi connectivity index (χ2v) is 15.0. The highest BCUT2D eigenvalue weighted by Gasteiger charge is 2.17. The van der Waals surface area contributed by atoms with Crippen LogP contribution in [0.2, 0.25) is 0 Å². The van der Waals surface area contributed by atoms with Crippen molar-refractivity contribution >= 4 is 60.4 Å². The van der Waals surface area contributed by atoms with Crippen molar-refractivity contribution in [2.24, 2.45) is 0 Å². The van der Waals surface area contributed by atoms with E-state index in [4.69, 9.17) is 0 Å². The number of rotatable bonds is 7. The minimum atomic E-state index is 1.09. The molecule has 11 rings (SSSR count). The van der Waals surface area contributed by atoms with Crippen LogP contribution in [0.25, 0.3) is 82.4 Å².